The summed E-state index contributed by atoms with van der Waals surface area (Å²) in [6.07, 6.45) is 6.28. The first kappa shape index (κ1) is 61.2. The Morgan fingerprint density at radius 2 is 1.05 bits per heavy atom. The van der Waals surface area contributed by atoms with E-state index in [-0.39, 0.29) is 86.1 Å². The number of carbonyl (C=O) groups excluding carboxylic acids is 8. The number of methoxy groups -OCH3 is 1. The standard InChI is InChI=1S/C63H88N8O9/c1-13-38-23-25-46-41(27-38)17-15-21-48(46)66-58(76)50-28-39(34-70(50)60(78)54(62(4,5)6)68-56(74)36(2)64-10)30-52(72)43-19-14-20-44(32-43)53(73)31-40-29-51(59(77)67-49-22-16-18-42-33-45(80-12)24-26-47(42)49)71(35-40)61(79)55(63(7,8)9)69-57(75)37(3)65-11/h14,19-20,23-27,32-33,36-37,39-40,48-51,54-55,64-65H,13,15-18,21-22,28-31,34-35H2,1-12H3,(H,66,76)(H,67,77)(H,68,74)(H,69,75)/t36-,37-,39+,40+,48+,49+,50-,51-,54+,55+/m0/s1. The SMILES string of the molecule is CCc1ccc2c(c1)CCC[C@H]2NC(=O)[C@@H]1C[C@H](CC(=O)c2cccc(C(=O)C[C@H]3C[C@@H](C(=O)N[C@@H]4CCCc5cc(OC)ccc54)N(C(=O)[C@@H](NC(=O)[C@H](C)NC)C(C)(C)C)C3)c2)CN1C(=O)[C@@H](NC(=O)[C@H](C)NC)C(C)(C)C. The maximum atomic E-state index is 14.8. The number of carbonyl (C=O) groups is 8. The van der Waals surface area contributed by atoms with E-state index in [4.69, 9.17) is 4.74 Å². The summed E-state index contributed by atoms with van der Waals surface area (Å²) >= 11 is 0. The van der Waals surface area contributed by atoms with Crippen LogP contribution in [-0.4, -0.2) is 127 Å². The lowest BCUT2D eigenvalue weighted by Gasteiger charge is -2.36. The number of benzene rings is 3. The van der Waals surface area contributed by atoms with E-state index in [1.54, 1.807) is 64.2 Å². The van der Waals surface area contributed by atoms with Crippen molar-refractivity contribution in [2.24, 2.45) is 22.7 Å². The van der Waals surface area contributed by atoms with Gasteiger partial charge in [0.1, 0.15) is 29.9 Å². The van der Waals surface area contributed by atoms with Crippen molar-refractivity contribution < 1.29 is 43.1 Å². The fraction of sp³-hybridized carbons (Fsp3) is 0.587. The van der Waals surface area contributed by atoms with E-state index < -0.39 is 70.7 Å². The second-order valence-corrected chi connectivity index (χ2v) is 25.0. The molecule has 2 heterocycles. The molecule has 4 aliphatic rings. The molecule has 6 amide bonds. The van der Waals surface area contributed by atoms with Crippen molar-refractivity contribution in [1.29, 1.82) is 0 Å². The summed E-state index contributed by atoms with van der Waals surface area (Å²) < 4.78 is 5.48. The molecule has 80 heavy (non-hydrogen) atoms. The first-order valence-electron chi connectivity index (χ1n) is 29.0. The third-order valence-electron chi connectivity index (χ3n) is 17.1. The van der Waals surface area contributed by atoms with Crippen molar-refractivity contribution in [3.05, 3.63) is 99.6 Å². The third-order valence-corrected chi connectivity index (χ3v) is 17.1. The van der Waals surface area contributed by atoms with E-state index in [0.717, 1.165) is 61.0 Å². The number of ether oxygens (including phenoxy) is 1. The maximum Gasteiger partial charge on any atom is 0.246 e. The molecule has 0 aromatic heterocycles. The van der Waals surface area contributed by atoms with Crippen molar-refractivity contribution >= 4 is 47.0 Å². The Kier molecular flexibility index (Phi) is 19.9. The van der Waals surface area contributed by atoms with Gasteiger partial charge in [-0.25, -0.2) is 0 Å². The Hall–Kier alpha value is -6.46. The summed E-state index contributed by atoms with van der Waals surface area (Å²) in [7, 11) is 4.95. The van der Waals surface area contributed by atoms with Crippen molar-refractivity contribution in [2.45, 2.75) is 181 Å². The molecule has 0 radical (unpaired) electrons. The van der Waals surface area contributed by atoms with Gasteiger partial charge >= 0.3 is 0 Å². The van der Waals surface area contributed by atoms with Gasteiger partial charge in [0.05, 0.1) is 31.3 Å². The van der Waals surface area contributed by atoms with E-state index in [1.165, 1.54) is 16.0 Å². The van der Waals surface area contributed by atoms with Crippen molar-refractivity contribution in [1.82, 2.24) is 41.7 Å². The van der Waals surface area contributed by atoms with Crippen LogP contribution in [0.25, 0.3) is 0 Å². The molecular formula is C63H88N8O9. The molecule has 7 rings (SSSR count). The lowest BCUT2D eigenvalue weighted by atomic mass is 9.85. The van der Waals surface area contributed by atoms with Crippen LogP contribution >= 0.6 is 0 Å². The van der Waals surface area contributed by atoms with Gasteiger partial charge in [-0.2, -0.15) is 0 Å². The fourth-order valence-corrected chi connectivity index (χ4v) is 12.0. The molecule has 17 nitrogen and oxygen atoms in total. The lowest BCUT2D eigenvalue weighted by molar-refractivity contribution is -0.144. The second-order valence-electron chi connectivity index (χ2n) is 25.0. The van der Waals surface area contributed by atoms with Gasteiger partial charge in [-0.1, -0.05) is 90.9 Å². The summed E-state index contributed by atoms with van der Waals surface area (Å²) in [5.74, 6) is -2.80. The number of ketones is 2. The molecule has 2 saturated heterocycles. The number of amides is 6. The molecule has 434 valence electrons. The molecule has 3 aromatic carbocycles. The second kappa shape index (κ2) is 26.0. The molecule has 10 atom stereocenters. The average molecular weight is 1100 g/mol. The molecule has 17 heteroatoms. The van der Waals surface area contributed by atoms with Crippen molar-refractivity contribution in [2.75, 3.05) is 34.3 Å². The van der Waals surface area contributed by atoms with E-state index >= 15 is 0 Å². The molecule has 2 fully saturated rings. The summed E-state index contributed by atoms with van der Waals surface area (Å²) in [6, 6.07) is 13.3. The van der Waals surface area contributed by atoms with Crippen LogP contribution in [0.2, 0.25) is 0 Å². The van der Waals surface area contributed by atoms with Gasteiger partial charge in [0.15, 0.2) is 11.6 Å². The third kappa shape index (κ3) is 14.3. The molecule has 2 aliphatic heterocycles. The van der Waals surface area contributed by atoms with Gasteiger partial charge in [0.25, 0.3) is 0 Å². The van der Waals surface area contributed by atoms with Crippen LogP contribution in [0, 0.1) is 22.7 Å². The number of rotatable bonds is 20. The highest BCUT2D eigenvalue weighted by Gasteiger charge is 2.48. The highest BCUT2D eigenvalue weighted by Crippen LogP contribution is 2.37. The monoisotopic (exact) mass is 1100 g/mol. The number of nitrogens with one attached hydrogen (secondary N) is 6. The number of fused-ring (bicyclic) bond motifs is 2. The maximum absolute atomic E-state index is 14.8. The van der Waals surface area contributed by atoms with Gasteiger partial charge in [-0.3, -0.25) is 38.4 Å². The number of likely N-dealkylation sites (N-methyl/N-ethyl adjacent to an activating group) is 2. The Morgan fingerprint density at radius 3 is 1.46 bits per heavy atom. The van der Waals surface area contributed by atoms with Crippen LogP contribution in [0.5, 0.6) is 5.75 Å². The van der Waals surface area contributed by atoms with Crippen LogP contribution < -0.4 is 36.6 Å². The summed E-state index contributed by atoms with van der Waals surface area (Å²) in [4.78, 5) is 117. The van der Waals surface area contributed by atoms with Gasteiger partial charge < -0.3 is 46.4 Å². The predicted molar refractivity (Wildman–Crippen MR) is 308 cm³/mol. The highest BCUT2D eigenvalue weighted by atomic mass is 16.5. The van der Waals surface area contributed by atoms with Crippen LogP contribution in [0.15, 0.2) is 60.7 Å². The zero-order valence-corrected chi connectivity index (χ0v) is 49.3. The minimum Gasteiger partial charge on any atom is -0.497 e. The topological polar surface area (TPSA) is 224 Å². The number of likely N-dealkylation sites (tertiary alicyclic amines) is 2. The van der Waals surface area contributed by atoms with Gasteiger partial charge in [0.2, 0.25) is 35.4 Å². The van der Waals surface area contributed by atoms with E-state index in [9.17, 15) is 38.4 Å². The minimum atomic E-state index is -0.979. The Morgan fingerprint density at radius 1 is 0.613 bits per heavy atom. The van der Waals surface area contributed by atoms with E-state index in [2.05, 4.69) is 57.0 Å². The van der Waals surface area contributed by atoms with Crippen LogP contribution in [0.3, 0.4) is 0 Å². The molecule has 0 unspecified atom stereocenters. The summed E-state index contributed by atoms with van der Waals surface area (Å²) in [6.45, 7) is 16.9. The average Bonchev–Trinajstić information content (AvgIpc) is 4.09. The van der Waals surface area contributed by atoms with Gasteiger partial charge in [0, 0.05) is 37.1 Å². The van der Waals surface area contributed by atoms with Gasteiger partial charge in [-0.05, 0) is 154 Å². The molecule has 6 N–H and O–H groups in total. The molecular weight excluding hydrogens is 1010 g/mol. The molecule has 0 spiro atoms. The smallest absolute Gasteiger partial charge is 0.246 e. The van der Waals surface area contributed by atoms with E-state index in [0.29, 0.717) is 17.5 Å². The van der Waals surface area contributed by atoms with Crippen LogP contribution in [0.4, 0.5) is 0 Å². The zero-order valence-electron chi connectivity index (χ0n) is 49.3. The van der Waals surface area contributed by atoms with Crippen LogP contribution in [0.1, 0.15) is 174 Å². The minimum absolute atomic E-state index is 0.00529. The summed E-state index contributed by atoms with van der Waals surface area (Å²) in [5.41, 5.74) is 4.74. The largest absolute Gasteiger partial charge is 0.497 e. The number of hydrogen-bond donors (Lipinski definition) is 6. The first-order chi connectivity index (χ1) is 37.8. The Labute approximate surface area is 473 Å². The predicted octanol–water partition coefficient (Wildman–Crippen LogP) is 6.50. The quantitative estimate of drug-likeness (QED) is 0.0670. The van der Waals surface area contributed by atoms with Crippen LogP contribution in [-0.2, 0) is 48.0 Å². The molecule has 0 bridgehead atoms. The normalized spacial score (nSPS) is 22.4. The lowest BCUT2D eigenvalue weighted by Crippen LogP contribution is -2.59. The van der Waals surface area contributed by atoms with Crippen molar-refractivity contribution in [3.63, 3.8) is 0 Å². The molecule has 0 saturated carbocycles. The number of hydrogen-bond acceptors (Lipinski definition) is 11. The van der Waals surface area contributed by atoms with Crippen molar-refractivity contribution in [3.8, 4) is 5.75 Å². The number of aryl methyl sites for hydroxylation is 3. The summed E-state index contributed by atoms with van der Waals surface area (Å²) in [5, 5.41) is 18.3. The van der Waals surface area contributed by atoms with E-state index in [1.807, 2.05) is 59.7 Å². The molecule has 2 aliphatic carbocycles. The molecule has 3 aromatic rings. The van der Waals surface area contributed by atoms with Gasteiger partial charge in [-0.15, -0.1) is 0 Å². The Balaban J connectivity index is 1.10. The fourth-order valence-electron chi connectivity index (χ4n) is 12.0. The Bertz CT molecular complexity index is 2620. The highest BCUT2D eigenvalue weighted by molar-refractivity contribution is 6.02. The number of nitrogens with zero attached hydrogens (tertiary/aromatic N) is 2. The zero-order chi connectivity index (χ0) is 58.4. The first-order valence-corrected chi connectivity index (χ1v) is 29.0. The number of Topliss-reactive ketones (excluding diaryl/α,β-unsaturated/α-hetero) is 2.